The first-order valence-corrected chi connectivity index (χ1v) is 8.48. The number of benzene rings is 1. The van der Waals surface area contributed by atoms with Crippen molar-refractivity contribution in [2.24, 2.45) is 0 Å². The highest BCUT2D eigenvalue weighted by Gasteiger charge is 2.36. The van der Waals surface area contributed by atoms with Gasteiger partial charge in [-0.1, -0.05) is 18.2 Å². The first kappa shape index (κ1) is 16.3. The molecule has 2 heterocycles. The van der Waals surface area contributed by atoms with Crippen LogP contribution in [0.1, 0.15) is 31.2 Å². The van der Waals surface area contributed by atoms with Crippen LogP contribution in [0.5, 0.6) is 5.75 Å². The molecule has 0 atom stereocenters. The number of carbonyl (C=O) groups excluding carboxylic acids is 1. The number of nitrogens with zero attached hydrogens (tertiary/aromatic N) is 2. The van der Waals surface area contributed by atoms with Crippen LogP contribution in [0.2, 0.25) is 0 Å². The minimum absolute atomic E-state index is 0.227. The van der Waals surface area contributed by atoms with E-state index < -0.39 is 5.60 Å². The molecule has 0 radical (unpaired) electrons. The predicted octanol–water partition coefficient (Wildman–Crippen LogP) is 1.60. The normalized spacial score (nSPS) is 21.4. The van der Waals surface area contributed by atoms with Crippen molar-refractivity contribution in [3.63, 3.8) is 0 Å². The molecule has 0 spiro atoms. The van der Waals surface area contributed by atoms with Gasteiger partial charge in [0.05, 0.1) is 19.3 Å². The second-order valence-electron chi connectivity index (χ2n) is 6.60. The van der Waals surface area contributed by atoms with Crippen LogP contribution in [0.15, 0.2) is 24.3 Å². The van der Waals surface area contributed by atoms with Crippen molar-refractivity contribution in [3.8, 4) is 5.75 Å². The number of rotatable bonds is 4. The van der Waals surface area contributed by atoms with Crippen LogP contribution >= 0.6 is 0 Å². The predicted molar refractivity (Wildman–Crippen MR) is 88.4 cm³/mol. The first-order chi connectivity index (χ1) is 11.1. The molecule has 1 aromatic rings. The van der Waals surface area contributed by atoms with Crippen molar-refractivity contribution >= 4 is 5.91 Å². The molecule has 23 heavy (non-hydrogen) atoms. The van der Waals surface area contributed by atoms with Crippen molar-refractivity contribution in [2.75, 3.05) is 39.8 Å². The van der Waals surface area contributed by atoms with E-state index in [1.165, 1.54) is 0 Å². The highest BCUT2D eigenvalue weighted by Crippen LogP contribution is 2.37. The average molecular weight is 318 g/mol. The van der Waals surface area contributed by atoms with Gasteiger partial charge < -0.3 is 14.7 Å². The number of methoxy groups -OCH3 is 1. The molecule has 2 aliphatic heterocycles. The van der Waals surface area contributed by atoms with Gasteiger partial charge in [-0.2, -0.15) is 0 Å². The van der Waals surface area contributed by atoms with E-state index >= 15 is 0 Å². The zero-order valence-corrected chi connectivity index (χ0v) is 13.8. The van der Waals surface area contributed by atoms with E-state index in [0.717, 1.165) is 50.3 Å². The van der Waals surface area contributed by atoms with E-state index in [1.54, 1.807) is 7.11 Å². The maximum Gasteiger partial charge on any atom is 0.236 e. The van der Waals surface area contributed by atoms with E-state index in [-0.39, 0.29) is 5.91 Å². The third kappa shape index (κ3) is 3.51. The van der Waals surface area contributed by atoms with Crippen LogP contribution in [0.3, 0.4) is 0 Å². The Hall–Kier alpha value is -1.59. The SMILES string of the molecule is COc1ccccc1C1(O)CCN(CC(=O)N2CCCC2)CC1. The molecule has 2 aliphatic rings. The summed E-state index contributed by atoms with van der Waals surface area (Å²) in [4.78, 5) is 16.4. The second kappa shape index (κ2) is 6.89. The molecule has 1 aromatic carbocycles. The summed E-state index contributed by atoms with van der Waals surface area (Å²) in [6, 6.07) is 7.66. The molecule has 3 rings (SSSR count). The molecule has 1 amide bonds. The lowest BCUT2D eigenvalue weighted by Gasteiger charge is -2.39. The molecule has 0 saturated carbocycles. The number of para-hydroxylation sites is 1. The Balaban J connectivity index is 1.60. The molecule has 1 N–H and O–H groups in total. The van der Waals surface area contributed by atoms with Gasteiger partial charge in [-0.25, -0.2) is 0 Å². The Bertz CT molecular complexity index is 547. The van der Waals surface area contributed by atoms with E-state index in [9.17, 15) is 9.90 Å². The topological polar surface area (TPSA) is 53.0 Å². The van der Waals surface area contributed by atoms with Gasteiger partial charge in [0.2, 0.25) is 5.91 Å². The molecule has 0 bridgehead atoms. The number of ether oxygens (including phenoxy) is 1. The fourth-order valence-electron chi connectivity index (χ4n) is 3.64. The zero-order chi connectivity index (χ0) is 16.3. The molecule has 0 unspecified atom stereocenters. The lowest BCUT2D eigenvalue weighted by molar-refractivity contribution is -0.132. The number of amides is 1. The Kier molecular flexibility index (Phi) is 4.87. The second-order valence-corrected chi connectivity index (χ2v) is 6.60. The number of piperidine rings is 1. The molecular weight excluding hydrogens is 292 g/mol. The van der Waals surface area contributed by atoms with Gasteiger partial charge >= 0.3 is 0 Å². The van der Waals surface area contributed by atoms with Gasteiger partial charge in [-0.3, -0.25) is 9.69 Å². The highest BCUT2D eigenvalue weighted by atomic mass is 16.5. The van der Waals surface area contributed by atoms with Gasteiger partial charge in [0.25, 0.3) is 0 Å². The summed E-state index contributed by atoms with van der Waals surface area (Å²) < 4.78 is 5.39. The van der Waals surface area contributed by atoms with Gasteiger partial charge in [-0.15, -0.1) is 0 Å². The smallest absolute Gasteiger partial charge is 0.236 e. The van der Waals surface area contributed by atoms with Crippen LogP contribution in [0, 0.1) is 0 Å². The van der Waals surface area contributed by atoms with Crippen LogP contribution in [0.4, 0.5) is 0 Å². The Morgan fingerprint density at radius 1 is 1.17 bits per heavy atom. The lowest BCUT2D eigenvalue weighted by atomic mass is 9.84. The summed E-state index contributed by atoms with van der Waals surface area (Å²) in [7, 11) is 1.63. The van der Waals surface area contributed by atoms with Crippen LogP contribution in [0.25, 0.3) is 0 Å². The lowest BCUT2D eigenvalue weighted by Crippen LogP contribution is -2.46. The Morgan fingerprint density at radius 3 is 2.48 bits per heavy atom. The van der Waals surface area contributed by atoms with E-state index in [4.69, 9.17) is 4.74 Å². The van der Waals surface area contributed by atoms with E-state index in [1.807, 2.05) is 29.2 Å². The van der Waals surface area contributed by atoms with Crippen LogP contribution in [-0.4, -0.2) is 60.6 Å². The molecule has 0 aromatic heterocycles. The Morgan fingerprint density at radius 2 is 1.83 bits per heavy atom. The number of hydrogen-bond acceptors (Lipinski definition) is 4. The standard InChI is InChI=1S/C18H26N2O3/c1-23-16-7-3-2-6-15(16)18(22)8-12-19(13-9-18)14-17(21)20-10-4-5-11-20/h2-3,6-7,22H,4-5,8-14H2,1H3. The minimum atomic E-state index is -0.861. The highest BCUT2D eigenvalue weighted by molar-refractivity contribution is 5.78. The largest absolute Gasteiger partial charge is 0.496 e. The van der Waals surface area contributed by atoms with Crippen molar-refractivity contribution in [2.45, 2.75) is 31.3 Å². The molecule has 5 heteroatoms. The third-order valence-electron chi connectivity index (χ3n) is 5.11. The van der Waals surface area contributed by atoms with E-state index in [0.29, 0.717) is 19.4 Å². The fourth-order valence-corrected chi connectivity index (χ4v) is 3.64. The average Bonchev–Trinajstić information content (AvgIpc) is 3.12. The first-order valence-electron chi connectivity index (χ1n) is 8.48. The van der Waals surface area contributed by atoms with Crippen molar-refractivity contribution in [3.05, 3.63) is 29.8 Å². The van der Waals surface area contributed by atoms with Gasteiger partial charge in [-0.05, 0) is 31.7 Å². The number of hydrogen-bond donors (Lipinski definition) is 1. The molecule has 0 aliphatic carbocycles. The van der Waals surface area contributed by atoms with Gasteiger partial charge in [0, 0.05) is 31.7 Å². The summed E-state index contributed by atoms with van der Waals surface area (Å²) in [5.74, 6) is 0.960. The minimum Gasteiger partial charge on any atom is -0.496 e. The molecule has 126 valence electrons. The summed E-state index contributed by atoms with van der Waals surface area (Å²) in [5, 5.41) is 11.0. The molecule has 2 fully saturated rings. The number of carbonyl (C=O) groups is 1. The number of aliphatic hydroxyl groups is 1. The Labute approximate surface area is 137 Å². The van der Waals surface area contributed by atoms with Crippen molar-refractivity contribution in [1.82, 2.24) is 9.80 Å². The molecular formula is C18H26N2O3. The van der Waals surface area contributed by atoms with Crippen molar-refractivity contribution < 1.29 is 14.6 Å². The zero-order valence-electron chi connectivity index (χ0n) is 13.8. The van der Waals surface area contributed by atoms with Crippen molar-refractivity contribution in [1.29, 1.82) is 0 Å². The number of likely N-dealkylation sites (tertiary alicyclic amines) is 2. The summed E-state index contributed by atoms with van der Waals surface area (Å²) >= 11 is 0. The maximum absolute atomic E-state index is 12.2. The van der Waals surface area contributed by atoms with Crippen LogP contribution < -0.4 is 4.74 Å². The molecule has 2 saturated heterocycles. The summed E-state index contributed by atoms with van der Waals surface area (Å²) in [5.41, 5.74) is -0.00667. The fraction of sp³-hybridized carbons (Fsp3) is 0.611. The molecule has 5 nitrogen and oxygen atoms in total. The summed E-state index contributed by atoms with van der Waals surface area (Å²) in [6.45, 7) is 3.74. The van der Waals surface area contributed by atoms with Crippen LogP contribution in [-0.2, 0) is 10.4 Å². The summed E-state index contributed by atoms with van der Waals surface area (Å²) in [6.07, 6.45) is 3.50. The van der Waals surface area contributed by atoms with E-state index in [2.05, 4.69) is 4.90 Å². The monoisotopic (exact) mass is 318 g/mol. The van der Waals surface area contributed by atoms with Gasteiger partial charge in [0.1, 0.15) is 5.75 Å². The maximum atomic E-state index is 12.2. The van der Waals surface area contributed by atoms with Gasteiger partial charge in [0.15, 0.2) is 0 Å². The third-order valence-corrected chi connectivity index (χ3v) is 5.11. The quantitative estimate of drug-likeness (QED) is 0.916.